The van der Waals surface area contributed by atoms with E-state index >= 15 is 0 Å². The number of anilines is 1. The van der Waals surface area contributed by atoms with E-state index in [4.69, 9.17) is 25.8 Å². The normalized spacial score (nSPS) is 11.4. The van der Waals surface area contributed by atoms with Crippen LogP contribution in [-0.2, 0) is 14.3 Å². The highest BCUT2D eigenvalue weighted by molar-refractivity contribution is 6.33. The Hall–Kier alpha value is -4.57. The molecule has 0 fully saturated rings. The van der Waals surface area contributed by atoms with Gasteiger partial charge in [-0.15, -0.1) is 0 Å². The molecule has 0 aromatic heterocycles. The molecule has 3 N–H and O–H groups in total. The molecule has 0 aliphatic heterocycles. The summed E-state index contributed by atoms with van der Waals surface area (Å²) in [5.74, 6) is -0.0690. The van der Waals surface area contributed by atoms with Crippen LogP contribution in [0.25, 0.3) is 0 Å². The number of hydrogen-bond donors (Lipinski definition) is 3. The molecule has 0 heterocycles. The van der Waals surface area contributed by atoms with Crippen molar-refractivity contribution in [3.8, 4) is 11.5 Å². The second-order valence-electron chi connectivity index (χ2n) is 8.05. The summed E-state index contributed by atoms with van der Waals surface area (Å²) in [6.07, 6.45) is 0.773. The maximum Gasteiger partial charge on any atom is 0.407 e. The monoisotopic (exact) mass is 552 g/mol. The van der Waals surface area contributed by atoms with Gasteiger partial charge < -0.3 is 24.8 Å². The molecule has 10 nitrogen and oxygen atoms in total. The summed E-state index contributed by atoms with van der Waals surface area (Å²) in [5, 5.41) is 9.79. The first-order chi connectivity index (χ1) is 18.9. The van der Waals surface area contributed by atoms with Crippen LogP contribution in [0.15, 0.2) is 77.9 Å². The number of amides is 3. The molecule has 3 amide bonds. The minimum Gasteiger partial charge on any atom is -0.493 e. The second kappa shape index (κ2) is 15.0. The third kappa shape index (κ3) is 9.35. The van der Waals surface area contributed by atoms with Crippen molar-refractivity contribution in [1.29, 1.82) is 0 Å². The number of hydrazone groups is 1. The molecule has 0 aliphatic carbocycles. The highest BCUT2D eigenvalue weighted by atomic mass is 35.5. The van der Waals surface area contributed by atoms with Crippen LogP contribution in [0.3, 0.4) is 0 Å². The Kier molecular flexibility index (Phi) is 11.1. The largest absolute Gasteiger partial charge is 0.493 e. The SMILES string of the molecule is CCOC(=O)N[C@@H](CC(=O)N/N=C\c1ccc(OCC(=O)Nc2ccccc2Cl)c(OC)c1)c1ccccc1. The van der Waals surface area contributed by atoms with Gasteiger partial charge in [0.1, 0.15) is 0 Å². The summed E-state index contributed by atoms with van der Waals surface area (Å²) in [7, 11) is 1.47. The van der Waals surface area contributed by atoms with E-state index in [1.807, 2.05) is 30.3 Å². The van der Waals surface area contributed by atoms with Gasteiger partial charge in [-0.1, -0.05) is 54.1 Å². The first-order valence-electron chi connectivity index (χ1n) is 12.0. The molecule has 204 valence electrons. The van der Waals surface area contributed by atoms with Crippen LogP contribution in [0.5, 0.6) is 11.5 Å². The van der Waals surface area contributed by atoms with Gasteiger partial charge in [-0.25, -0.2) is 10.2 Å². The zero-order valence-electron chi connectivity index (χ0n) is 21.5. The Morgan fingerprint density at radius 3 is 2.44 bits per heavy atom. The fraction of sp³-hybridized carbons (Fsp3) is 0.214. The molecule has 0 saturated carbocycles. The van der Waals surface area contributed by atoms with Crippen LogP contribution in [-0.4, -0.2) is 44.4 Å². The highest BCUT2D eigenvalue weighted by Gasteiger charge is 2.19. The first-order valence-corrected chi connectivity index (χ1v) is 12.4. The van der Waals surface area contributed by atoms with Crippen molar-refractivity contribution in [2.24, 2.45) is 5.10 Å². The Morgan fingerprint density at radius 1 is 0.974 bits per heavy atom. The fourth-order valence-electron chi connectivity index (χ4n) is 3.44. The summed E-state index contributed by atoms with van der Waals surface area (Å²) in [5.41, 5.74) is 4.32. The summed E-state index contributed by atoms with van der Waals surface area (Å²) in [4.78, 5) is 36.7. The molecule has 0 aliphatic rings. The lowest BCUT2D eigenvalue weighted by Crippen LogP contribution is -2.33. The topological polar surface area (TPSA) is 127 Å². The van der Waals surface area contributed by atoms with Crippen molar-refractivity contribution >= 4 is 41.4 Å². The third-order valence-corrected chi connectivity index (χ3v) is 5.59. The number of benzene rings is 3. The van der Waals surface area contributed by atoms with Gasteiger partial charge in [-0.05, 0) is 48.4 Å². The van der Waals surface area contributed by atoms with Gasteiger partial charge in [0.15, 0.2) is 18.1 Å². The summed E-state index contributed by atoms with van der Waals surface area (Å²) in [6.45, 7) is 1.66. The molecular weight excluding hydrogens is 524 g/mol. The fourth-order valence-corrected chi connectivity index (χ4v) is 3.62. The summed E-state index contributed by atoms with van der Waals surface area (Å²) < 4.78 is 15.9. The molecule has 1 atom stereocenters. The Bertz CT molecular complexity index is 1300. The van der Waals surface area contributed by atoms with Crippen molar-refractivity contribution in [2.45, 2.75) is 19.4 Å². The standard InChI is InChI=1S/C28H29ClN4O6/c1-3-38-28(36)32-23(20-9-5-4-6-10-20)16-26(34)33-30-17-19-13-14-24(25(15-19)37-2)39-18-27(35)31-22-12-8-7-11-21(22)29/h4-15,17,23H,3,16,18H2,1-2H3,(H,31,35)(H,32,36)(H,33,34)/b30-17-/t23-/m0/s1. The second-order valence-corrected chi connectivity index (χ2v) is 8.46. The predicted molar refractivity (Wildman–Crippen MR) is 148 cm³/mol. The van der Waals surface area contributed by atoms with E-state index in [0.29, 0.717) is 27.8 Å². The number of ether oxygens (including phenoxy) is 3. The zero-order valence-corrected chi connectivity index (χ0v) is 22.2. The molecule has 0 unspecified atom stereocenters. The lowest BCUT2D eigenvalue weighted by Gasteiger charge is -2.18. The zero-order chi connectivity index (χ0) is 28.0. The number of nitrogens with one attached hydrogen (secondary N) is 3. The number of carbonyl (C=O) groups is 3. The number of hydrogen-bond acceptors (Lipinski definition) is 7. The van der Waals surface area contributed by atoms with Crippen LogP contribution in [0.4, 0.5) is 10.5 Å². The number of halogens is 1. The Balaban J connectivity index is 1.56. The average Bonchev–Trinajstić information content (AvgIpc) is 2.93. The van der Waals surface area contributed by atoms with E-state index in [9.17, 15) is 14.4 Å². The summed E-state index contributed by atoms with van der Waals surface area (Å²) >= 11 is 6.06. The number of carbonyl (C=O) groups excluding carboxylic acids is 3. The smallest absolute Gasteiger partial charge is 0.407 e. The lowest BCUT2D eigenvalue weighted by molar-refractivity contribution is -0.121. The van der Waals surface area contributed by atoms with Gasteiger partial charge in [0.25, 0.3) is 5.91 Å². The number of rotatable bonds is 12. The van der Waals surface area contributed by atoms with Gasteiger partial charge in [-0.3, -0.25) is 9.59 Å². The van der Waals surface area contributed by atoms with E-state index < -0.39 is 18.0 Å². The Labute approximate surface area is 231 Å². The van der Waals surface area contributed by atoms with E-state index in [1.165, 1.54) is 13.3 Å². The predicted octanol–water partition coefficient (Wildman–Crippen LogP) is 4.69. The third-order valence-electron chi connectivity index (χ3n) is 5.26. The number of para-hydroxylation sites is 1. The highest BCUT2D eigenvalue weighted by Crippen LogP contribution is 2.28. The van der Waals surface area contributed by atoms with E-state index in [2.05, 4.69) is 21.2 Å². The van der Waals surface area contributed by atoms with Crippen molar-refractivity contribution in [2.75, 3.05) is 25.6 Å². The number of methoxy groups -OCH3 is 1. The molecule has 3 aromatic carbocycles. The van der Waals surface area contributed by atoms with Crippen LogP contribution in [0.1, 0.15) is 30.5 Å². The van der Waals surface area contributed by atoms with Crippen molar-refractivity contribution in [3.63, 3.8) is 0 Å². The summed E-state index contributed by atoms with van der Waals surface area (Å²) in [6, 6.07) is 20.3. The van der Waals surface area contributed by atoms with Crippen molar-refractivity contribution in [3.05, 3.63) is 88.9 Å². The van der Waals surface area contributed by atoms with Gasteiger partial charge >= 0.3 is 6.09 Å². The van der Waals surface area contributed by atoms with Crippen LogP contribution < -0.4 is 25.5 Å². The number of nitrogens with zero attached hydrogens (tertiary/aromatic N) is 1. The molecule has 39 heavy (non-hydrogen) atoms. The van der Waals surface area contributed by atoms with E-state index in [1.54, 1.807) is 49.4 Å². The van der Waals surface area contributed by atoms with Gasteiger partial charge in [0.05, 0.1) is 43.1 Å². The van der Waals surface area contributed by atoms with Crippen LogP contribution in [0, 0.1) is 0 Å². The average molecular weight is 553 g/mol. The quantitative estimate of drug-likeness (QED) is 0.221. The van der Waals surface area contributed by atoms with Crippen molar-refractivity contribution < 1.29 is 28.6 Å². The van der Waals surface area contributed by atoms with Crippen molar-refractivity contribution in [1.82, 2.24) is 10.7 Å². The van der Waals surface area contributed by atoms with E-state index in [-0.39, 0.29) is 25.5 Å². The van der Waals surface area contributed by atoms with Gasteiger partial charge in [0, 0.05) is 0 Å². The molecule has 0 bridgehead atoms. The minimum atomic E-state index is -0.613. The Morgan fingerprint density at radius 2 is 1.72 bits per heavy atom. The first kappa shape index (κ1) is 29.0. The molecule has 0 saturated heterocycles. The molecule has 3 aromatic rings. The number of alkyl carbamates (subject to hydrolysis) is 1. The maximum atomic E-state index is 12.5. The molecule has 11 heteroatoms. The minimum absolute atomic E-state index is 0.0491. The molecule has 0 spiro atoms. The van der Waals surface area contributed by atoms with Crippen LogP contribution >= 0.6 is 11.6 Å². The van der Waals surface area contributed by atoms with Gasteiger partial charge in [-0.2, -0.15) is 5.10 Å². The molecule has 3 rings (SSSR count). The van der Waals surface area contributed by atoms with Crippen LogP contribution in [0.2, 0.25) is 5.02 Å². The van der Waals surface area contributed by atoms with E-state index in [0.717, 1.165) is 5.56 Å². The molecular formula is C28H29ClN4O6. The lowest BCUT2D eigenvalue weighted by atomic mass is 10.0. The molecule has 0 radical (unpaired) electrons. The van der Waals surface area contributed by atoms with Gasteiger partial charge in [0.2, 0.25) is 5.91 Å². The maximum absolute atomic E-state index is 12.5.